The quantitative estimate of drug-likeness (QED) is 0.765. The highest BCUT2D eigenvalue weighted by Gasteiger charge is 2.28. The van der Waals surface area contributed by atoms with Gasteiger partial charge >= 0.3 is 12.1 Å². The number of urea groups is 1. The second-order valence-electron chi connectivity index (χ2n) is 9.46. The summed E-state index contributed by atoms with van der Waals surface area (Å²) in [5.41, 5.74) is 1.35. The Morgan fingerprint density at radius 2 is 1.77 bits per heavy atom. The lowest BCUT2D eigenvalue weighted by Gasteiger charge is -2.37. The van der Waals surface area contributed by atoms with Crippen LogP contribution in [0.1, 0.15) is 40.0 Å². The Morgan fingerprint density at radius 3 is 2.48 bits per heavy atom. The maximum absolute atomic E-state index is 13.2. The average Bonchev–Trinajstić information content (AvgIpc) is 2.72. The predicted octanol–water partition coefficient (Wildman–Crippen LogP) is 3.35. The molecule has 2 N–H and O–H groups in total. The molecule has 2 heterocycles. The summed E-state index contributed by atoms with van der Waals surface area (Å²) >= 11 is 0. The van der Waals surface area contributed by atoms with Crippen LogP contribution >= 0.6 is 0 Å². The molecule has 2 saturated heterocycles. The van der Waals surface area contributed by atoms with Crippen molar-refractivity contribution < 1.29 is 14.3 Å². The Kier molecular flexibility index (Phi) is 7.64. The molecule has 172 valence electrons. The molecule has 1 aromatic rings. The smallest absolute Gasteiger partial charge is 0.407 e. The first-order valence-corrected chi connectivity index (χ1v) is 11.3. The lowest BCUT2D eigenvalue weighted by Crippen LogP contribution is -2.51. The van der Waals surface area contributed by atoms with Gasteiger partial charge in [0, 0.05) is 39.3 Å². The van der Waals surface area contributed by atoms with Gasteiger partial charge in [-0.05, 0) is 59.2 Å². The summed E-state index contributed by atoms with van der Waals surface area (Å²) < 4.78 is 5.33. The normalized spacial score (nSPS) is 20.3. The second-order valence-corrected chi connectivity index (χ2v) is 9.46. The van der Waals surface area contributed by atoms with Crippen LogP contribution in [0.3, 0.4) is 0 Å². The fourth-order valence-corrected chi connectivity index (χ4v) is 4.08. The fraction of sp³-hybridized carbons (Fsp3) is 0.652. The molecule has 0 aliphatic carbocycles. The van der Waals surface area contributed by atoms with Crippen LogP contribution in [0.5, 0.6) is 0 Å². The van der Waals surface area contributed by atoms with E-state index in [1.807, 2.05) is 43.9 Å². The maximum atomic E-state index is 13.2. The van der Waals surface area contributed by atoms with Crippen molar-refractivity contribution in [2.75, 3.05) is 56.5 Å². The molecule has 8 heteroatoms. The SMILES string of the molecule is CN1CCN(c2ccccc2NC(=O)N2CCCCC2CNC(=O)OC(C)(C)C)CC1. The first-order valence-electron chi connectivity index (χ1n) is 11.3. The van der Waals surface area contributed by atoms with Gasteiger partial charge in [0.25, 0.3) is 0 Å². The monoisotopic (exact) mass is 431 g/mol. The largest absolute Gasteiger partial charge is 0.444 e. The van der Waals surface area contributed by atoms with E-state index < -0.39 is 11.7 Å². The zero-order valence-electron chi connectivity index (χ0n) is 19.3. The summed E-state index contributed by atoms with van der Waals surface area (Å²) in [5, 5.41) is 5.96. The summed E-state index contributed by atoms with van der Waals surface area (Å²) in [6, 6.07) is 7.83. The molecule has 3 amide bonds. The lowest BCUT2D eigenvalue weighted by molar-refractivity contribution is 0.0505. The van der Waals surface area contributed by atoms with Crippen LogP contribution in [-0.2, 0) is 4.74 Å². The van der Waals surface area contributed by atoms with Gasteiger partial charge in [0.15, 0.2) is 0 Å². The molecule has 1 aromatic carbocycles. The highest BCUT2D eigenvalue weighted by Crippen LogP contribution is 2.27. The number of rotatable bonds is 4. The van der Waals surface area contributed by atoms with E-state index in [1.165, 1.54) is 0 Å². The van der Waals surface area contributed by atoms with Crippen molar-refractivity contribution in [3.05, 3.63) is 24.3 Å². The minimum atomic E-state index is -0.541. The van der Waals surface area contributed by atoms with Crippen molar-refractivity contribution in [3.63, 3.8) is 0 Å². The van der Waals surface area contributed by atoms with Gasteiger partial charge in [-0.1, -0.05) is 12.1 Å². The molecule has 0 aromatic heterocycles. The van der Waals surface area contributed by atoms with Crippen molar-refractivity contribution in [2.45, 2.75) is 51.7 Å². The second kappa shape index (κ2) is 10.2. The number of ether oxygens (including phenoxy) is 1. The topological polar surface area (TPSA) is 77.2 Å². The Balaban J connectivity index is 1.63. The molecular weight excluding hydrogens is 394 g/mol. The zero-order chi connectivity index (χ0) is 22.4. The number of piperidine rings is 1. The van der Waals surface area contributed by atoms with E-state index in [0.717, 1.165) is 56.8 Å². The maximum Gasteiger partial charge on any atom is 0.407 e. The van der Waals surface area contributed by atoms with E-state index >= 15 is 0 Å². The number of alkyl carbamates (subject to hydrolysis) is 1. The summed E-state index contributed by atoms with van der Waals surface area (Å²) in [6.45, 7) is 10.5. The van der Waals surface area contributed by atoms with E-state index in [1.54, 1.807) is 0 Å². The Bertz CT molecular complexity index is 756. The van der Waals surface area contributed by atoms with E-state index in [0.29, 0.717) is 13.1 Å². The number of carbonyl (C=O) groups excluding carboxylic acids is 2. The zero-order valence-corrected chi connectivity index (χ0v) is 19.3. The van der Waals surface area contributed by atoms with Crippen molar-refractivity contribution in [3.8, 4) is 0 Å². The standard InChI is InChI=1S/C23H37N5O3/c1-23(2,3)31-22(30)24-17-18-9-7-8-12-28(18)21(29)25-19-10-5-6-11-20(19)27-15-13-26(4)14-16-27/h5-6,10-11,18H,7-9,12-17H2,1-4H3,(H,24,30)(H,25,29). The van der Waals surface area contributed by atoms with Gasteiger partial charge in [-0.3, -0.25) is 0 Å². The minimum Gasteiger partial charge on any atom is -0.444 e. The van der Waals surface area contributed by atoms with Crippen LogP contribution in [-0.4, -0.2) is 79.9 Å². The molecule has 0 radical (unpaired) electrons. The highest BCUT2D eigenvalue weighted by molar-refractivity contribution is 5.93. The summed E-state index contributed by atoms with van der Waals surface area (Å²) in [5.74, 6) is 0. The molecule has 0 spiro atoms. The van der Waals surface area contributed by atoms with Crippen LogP contribution in [0.25, 0.3) is 0 Å². The number of likely N-dealkylation sites (tertiary alicyclic amines) is 1. The lowest BCUT2D eigenvalue weighted by atomic mass is 10.0. The Labute approximate surface area is 185 Å². The molecule has 1 atom stereocenters. The van der Waals surface area contributed by atoms with Gasteiger partial charge in [-0.25, -0.2) is 9.59 Å². The van der Waals surface area contributed by atoms with Gasteiger partial charge in [-0.15, -0.1) is 0 Å². The minimum absolute atomic E-state index is 0.0444. The fourth-order valence-electron chi connectivity index (χ4n) is 4.08. The average molecular weight is 432 g/mol. The van der Waals surface area contributed by atoms with Gasteiger partial charge in [0.1, 0.15) is 5.60 Å². The predicted molar refractivity (Wildman–Crippen MR) is 124 cm³/mol. The number of likely N-dealkylation sites (N-methyl/N-ethyl adjacent to an activating group) is 1. The number of benzene rings is 1. The van der Waals surface area contributed by atoms with Crippen molar-refractivity contribution in [1.29, 1.82) is 0 Å². The molecular formula is C23H37N5O3. The molecule has 2 aliphatic heterocycles. The van der Waals surface area contributed by atoms with Crippen LogP contribution in [0, 0.1) is 0 Å². The molecule has 1 unspecified atom stereocenters. The Hall–Kier alpha value is -2.48. The van der Waals surface area contributed by atoms with Crippen LogP contribution in [0.15, 0.2) is 24.3 Å². The van der Waals surface area contributed by atoms with Gasteiger partial charge < -0.3 is 30.1 Å². The van der Waals surface area contributed by atoms with Crippen LogP contribution in [0.4, 0.5) is 21.0 Å². The molecule has 3 rings (SSSR count). The number of nitrogens with one attached hydrogen (secondary N) is 2. The summed E-state index contributed by atoms with van der Waals surface area (Å²) in [4.78, 5) is 31.7. The van der Waals surface area contributed by atoms with Crippen molar-refractivity contribution >= 4 is 23.5 Å². The van der Waals surface area contributed by atoms with Gasteiger partial charge in [-0.2, -0.15) is 0 Å². The van der Waals surface area contributed by atoms with E-state index in [-0.39, 0.29) is 12.1 Å². The van der Waals surface area contributed by atoms with Gasteiger partial charge in [0.05, 0.1) is 17.4 Å². The number of hydrogen-bond donors (Lipinski definition) is 2. The van der Waals surface area contributed by atoms with Crippen LogP contribution < -0.4 is 15.5 Å². The number of para-hydroxylation sites is 2. The third kappa shape index (κ3) is 6.75. The van der Waals surface area contributed by atoms with Crippen LogP contribution in [0.2, 0.25) is 0 Å². The summed E-state index contributed by atoms with van der Waals surface area (Å²) in [6.07, 6.45) is 2.43. The van der Waals surface area contributed by atoms with E-state index in [2.05, 4.69) is 33.5 Å². The highest BCUT2D eigenvalue weighted by atomic mass is 16.6. The molecule has 31 heavy (non-hydrogen) atoms. The number of amides is 3. The number of anilines is 2. The number of hydrogen-bond acceptors (Lipinski definition) is 5. The number of nitrogens with zero attached hydrogens (tertiary/aromatic N) is 3. The molecule has 0 saturated carbocycles. The van der Waals surface area contributed by atoms with Crippen molar-refractivity contribution in [2.24, 2.45) is 0 Å². The third-order valence-electron chi connectivity index (χ3n) is 5.76. The number of carbonyl (C=O) groups is 2. The summed E-state index contributed by atoms with van der Waals surface area (Å²) in [7, 11) is 2.13. The molecule has 2 aliphatic rings. The van der Waals surface area contributed by atoms with Crippen molar-refractivity contribution in [1.82, 2.24) is 15.1 Å². The molecule has 0 bridgehead atoms. The Morgan fingerprint density at radius 1 is 1.06 bits per heavy atom. The molecule has 8 nitrogen and oxygen atoms in total. The van der Waals surface area contributed by atoms with E-state index in [4.69, 9.17) is 4.74 Å². The first-order chi connectivity index (χ1) is 14.7. The molecule has 2 fully saturated rings. The number of piperazine rings is 1. The van der Waals surface area contributed by atoms with Gasteiger partial charge in [0.2, 0.25) is 0 Å². The van der Waals surface area contributed by atoms with E-state index in [9.17, 15) is 9.59 Å². The third-order valence-corrected chi connectivity index (χ3v) is 5.76. The first kappa shape index (κ1) is 23.2.